The van der Waals surface area contributed by atoms with Crippen molar-refractivity contribution in [1.29, 1.82) is 0 Å². The number of amides is 1. The van der Waals surface area contributed by atoms with E-state index in [1.54, 1.807) is 33.5 Å². The Morgan fingerprint density at radius 2 is 1.67 bits per heavy atom. The lowest BCUT2D eigenvalue weighted by Gasteiger charge is -2.24. The molecule has 0 aliphatic carbocycles. The number of benzene rings is 1. The topological polar surface area (TPSA) is 81.2 Å². The summed E-state index contributed by atoms with van der Waals surface area (Å²) in [7, 11) is 2.18. The largest absolute Gasteiger partial charge is 0.500 e. The summed E-state index contributed by atoms with van der Waals surface area (Å²) >= 11 is 0. The molecular formula is C16H27N3O4Si. The molecular weight excluding hydrogens is 326 g/mol. The third-order valence-corrected chi connectivity index (χ3v) is 6.27. The summed E-state index contributed by atoms with van der Waals surface area (Å²) < 4.78 is 16.0. The van der Waals surface area contributed by atoms with E-state index in [2.05, 4.69) is 15.8 Å². The van der Waals surface area contributed by atoms with Crippen molar-refractivity contribution < 1.29 is 18.1 Å². The highest BCUT2D eigenvalue weighted by Crippen LogP contribution is 2.14. The van der Waals surface area contributed by atoms with Gasteiger partial charge >= 0.3 is 8.80 Å². The molecule has 0 unspecified atom stereocenters. The Bertz CT molecular complexity index is 532. The second kappa shape index (κ2) is 10.2. The number of anilines is 1. The summed E-state index contributed by atoms with van der Waals surface area (Å²) in [5.41, 5.74) is 5.29. The summed E-state index contributed by atoms with van der Waals surface area (Å²) in [6.45, 7) is 4.34. The predicted octanol–water partition coefficient (Wildman–Crippen LogP) is 2.49. The zero-order valence-corrected chi connectivity index (χ0v) is 16.0. The number of hydrogen-bond donors (Lipinski definition) is 2. The Balaban J connectivity index is 2.44. The molecule has 7 nitrogen and oxygen atoms in total. The molecule has 1 aromatic carbocycles. The maximum absolute atomic E-state index is 12.1. The zero-order chi connectivity index (χ0) is 18.0. The smallest absolute Gasteiger partial charge is 0.377 e. The van der Waals surface area contributed by atoms with Gasteiger partial charge in [-0.1, -0.05) is 0 Å². The maximum Gasteiger partial charge on any atom is 0.500 e. The van der Waals surface area contributed by atoms with Gasteiger partial charge in [-0.15, -0.1) is 0 Å². The minimum Gasteiger partial charge on any atom is -0.377 e. The molecule has 0 aliphatic heterocycles. The molecule has 1 amide bonds. The number of carbonyl (C=O) groups excluding carboxylic acids is 1. The van der Waals surface area contributed by atoms with Crippen molar-refractivity contribution >= 4 is 26.1 Å². The highest BCUT2D eigenvalue weighted by Gasteiger charge is 2.36. The van der Waals surface area contributed by atoms with Gasteiger partial charge in [-0.05, 0) is 44.5 Å². The van der Waals surface area contributed by atoms with Crippen LogP contribution in [0, 0.1) is 0 Å². The highest BCUT2D eigenvalue weighted by molar-refractivity contribution is 6.60. The van der Waals surface area contributed by atoms with Crippen LogP contribution in [0.4, 0.5) is 5.69 Å². The predicted molar refractivity (Wildman–Crippen MR) is 97.4 cm³/mol. The van der Waals surface area contributed by atoms with E-state index in [9.17, 15) is 4.79 Å². The van der Waals surface area contributed by atoms with E-state index >= 15 is 0 Å². The minimum atomic E-state index is -2.57. The number of nitrogens with one attached hydrogen (secondary N) is 2. The Morgan fingerprint density at radius 1 is 1.08 bits per heavy atom. The number of hydrazone groups is 1. The van der Waals surface area contributed by atoms with Crippen LogP contribution in [0.2, 0.25) is 6.04 Å². The van der Waals surface area contributed by atoms with Gasteiger partial charge in [-0.25, -0.2) is 0 Å². The summed E-state index contributed by atoms with van der Waals surface area (Å²) in [5.74, 6) is -0.115. The fraction of sp³-hybridized carbons (Fsp3) is 0.500. The first kappa shape index (κ1) is 20.3. The van der Waals surface area contributed by atoms with Crippen LogP contribution in [0.25, 0.3) is 0 Å². The Hall–Kier alpha value is -1.74. The zero-order valence-electron chi connectivity index (χ0n) is 15.0. The lowest BCUT2D eigenvalue weighted by atomic mass is 10.2. The molecule has 2 N–H and O–H groups in total. The van der Waals surface area contributed by atoms with Crippen molar-refractivity contribution in [2.45, 2.75) is 26.3 Å². The Kier molecular flexibility index (Phi) is 8.62. The van der Waals surface area contributed by atoms with Crippen LogP contribution in [0.1, 0.15) is 30.6 Å². The third kappa shape index (κ3) is 6.40. The van der Waals surface area contributed by atoms with Crippen LogP contribution in [0.3, 0.4) is 0 Å². The average molecular weight is 353 g/mol. The molecule has 0 heterocycles. The minimum absolute atomic E-state index is 0.115. The van der Waals surface area contributed by atoms with E-state index in [0.29, 0.717) is 18.2 Å². The molecule has 24 heavy (non-hydrogen) atoms. The van der Waals surface area contributed by atoms with Gasteiger partial charge in [0.25, 0.3) is 5.91 Å². The first-order chi connectivity index (χ1) is 11.5. The van der Waals surface area contributed by atoms with Crippen LogP contribution in [0.15, 0.2) is 29.4 Å². The van der Waals surface area contributed by atoms with Gasteiger partial charge in [-0.2, -0.15) is 5.10 Å². The van der Waals surface area contributed by atoms with Crippen molar-refractivity contribution in [1.82, 2.24) is 5.32 Å². The summed E-state index contributed by atoms with van der Waals surface area (Å²) in [6, 6.07) is 7.81. The van der Waals surface area contributed by atoms with Crippen molar-refractivity contribution in [3.63, 3.8) is 0 Å². The molecule has 1 rings (SSSR count). The fourth-order valence-electron chi connectivity index (χ4n) is 2.04. The molecule has 0 saturated heterocycles. The molecule has 8 heteroatoms. The quantitative estimate of drug-likeness (QED) is 0.292. The van der Waals surface area contributed by atoms with Crippen LogP contribution in [-0.2, 0) is 13.3 Å². The normalized spacial score (nSPS) is 11.0. The van der Waals surface area contributed by atoms with E-state index in [4.69, 9.17) is 13.3 Å². The molecule has 134 valence electrons. The van der Waals surface area contributed by atoms with E-state index in [1.807, 2.05) is 26.0 Å². The summed E-state index contributed by atoms with van der Waals surface area (Å²) in [4.78, 5) is 12.1. The van der Waals surface area contributed by atoms with Gasteiger partial charge < -0.3 is 18.6 Å². The number of hydrogen-bond acceptors (Lipinski definition) is 6. The molecule has 0 aliphatic rings. The van der Waals surface area contributed by atoms with E-state index in [-0.39, 0.29) is 5.91 Å². The standard InChI is InChI=1S/C16H27N3O4Si/c1-13(2)18-19-15-9-7-14(8-10-15)16(20)17-11-6-12-24(21-3,22-4)23-5/h7-10,19H,6,11-12H2,1-5H3,(H,17,20). The van der Waals surface area contributed by atoms with Crippen LogP contribution >= 0.6 is 0 Å². The molecule has 0 spiro atoms. The summed E-state index contributed by atoms with van der Waals surface area (Å²) in [6.07, 6.45) is 0.720. The van der Waals surface area contributed by atoms with Gasteiger partial charge in [0, 0.05) is 45.2 Å². The first-order valence-corrected chi connectivity index (χ1v) is 9.70. The average Bonchev–Trinajstić information content (AvgIpc) is 2.61. The van der Waals surface area contributed by atoms with Gasteiger partial charge in [0.15, 0.2) is 0 Å². The Labute approximate surface area is 144 Å². The second-order valence-electron chi connectivity index (χ2n) is 5.40. The monoisotopic (exact) mass is 353 g/mol. The summed E-state index contributed by atoms with van der Waals surface area (Å²) in [5, 5.41) is 6.99. The first-order valence-electron chi connectivity index (χ1n) is 7.77. The maximum atomic E-state index is 12.1. The number of nitrogens with zero attached hydrogens (tertiary/aromatic N) is 1. The lowest BCUT2D eigenvalue weighted by Crippen LogP contribution is -2.43. The molecule has 0 saturated carbocycles. The van der Waals surface area contributed by atoms with Crippen molar-refractivity contribution in [3.05, 3.63) is 29.8 Å². The SMILES string of the molecule is CO[Si](CCCNC(=O)c1ccc(NN=C(C)C)cc1)(OC)OC. The number of carbonyl (C=O) groups is 1. The van der Waals surface area contributed by atoms with Gasteiger partial charge in [-0.3, -0.25) is 10.2 Å². The second-order valence-corrected chi connectivity index (χ2v) is 8.49. The van der Waals surface area contributed by atoms with Crippen molar-refractivity contribution in [2.75, 3.05) is 33.3 Å². The fourth-order valence-corrected chi connectivity index (χ4v) is 3.76. The van der Waals surface area contributed by atoms with Crippen LogP contribution in [-0.4, -0.2) is 48.3 Å². The van der Waals surface area contributed by atoms with Gasteiger partial charge in [0.2, 0.25) is 0 Å². The van der Waals surface area contributed by atoms with Crippen molar-refractivity contribution in [2.24, 2.45) is 5.10 Å². The van der Waals surface area contributed by atoms with Gasteiger partial charge in [0.1, 0.15) is 0 Å². The van der Waals surface area contributed by atoms with Crippen LogP contribution in [0.5, 0.6) is 0 Å². The molecule has 1 aromatic rings. The Morgan fingerprint density at radius 3 is 2.17 bits per heavy atom. The third-order valence-electron chi connectivity index (χ3n) is 3.43. The highest BCUT2D eigenvalue weighted by atomic mass is 28.4. The lowest BCUT2D eigenvalue weighted by molar-refractivity contribution is 0.0949. The molecule has 0 radical (unpaired) electrons. The van der Waals surface area contributed by atoms with E-state index < -0.39 is 8.80 Å². The van der Waals surface area contributed by atoms with Crippen molar-refractivity contribution in [3.8, 4) is 0 Å². The number of rotatable bonds is 10. The molecule has 0 bridgehead atoms. The van der Waals surface area contributed by atoms with Crippen LogP contribution < -0.4 is 10.7 Å². The van der Waals surface area contributed by atoms with E-state index in [0.717, 1.165) is 17.8 Å². The molecule has 0 atom stereocenters. The molecule has 0 aromatic heterocycles. The van der Waals surface area contributed by atoms with E-state index in [1.165, 1.54) is 0 Å². The van der Waals surface area contributed by atoms with Gasteiger partial charge in [0.05, 0.1) is 5.69 Å². The molecule has 0 fully saturated rings.